The van der Waals surface area contributed by atoms with Gasteiger partial charge in [0.1, 0.15) is 11.5 Å². The maximum Gasteiger partial charge on any atom is 0.331 e. The molecule has 0 aliphatic carbocycles. The molecule has 30 heavy (non-hydrogen) atoms. The summed E-state index contributed by atoms with van der Waals surface area (Å²) in [6, 6.07) is 14.5. The monoisotopic (exact) mass is 410 g/mol. The Kier molecular flexibility index (Phi) is 8.56. The molecule has 0 bridgehead atoms. The SMILES string of the molecule is CC(C)Oc1ccccc1C=NNC(=O)C(=O)NN=Cc1ccccc1OC(C)C. The second kappa shape index (κ2) is 11.4. The fourth-order valence-electron chi connectivity index (χ4n) is 2.32. The molecule has 2 aromatic rings. The number of hydrazone groups is 2. The molecule has 2 N–H and O–H groups in total. The smallest absolute Gasteiger partial charge is 0.331 e. The van der Waals surface area contributed by atoms with Crippen LogP contribution in [0.4, 0.5) is 0 Å². The normalized spacial score (nSPS) is 11.3. The number of hydrogen-bond acceptors (Lipinski definition) is 6. The van der Waals surface area contributed by atoms with Crippen molar-refractivity contribution in [2.24, 2.45) is 10.2 Å². The molecule has 0 unspecified atom stereocenters. The standard InChI is InChI=1S/C22H26N4O4/c1-15(2)29-19-11-7-5-9-17(19)13-23-25-21(27)22(28)26-24-14-18-10-6-8-12-20(18)30-16(3)4/h5-16H,1-4H3,(H,25,27)(H,26,28). The van der Waals surface area contributed by atoms with Crippen LogP contribution in [0.25, 0.3) is 0 Å². The van der Waals surface area contributed by atoms with Crippen molar-refractivity contribution in [1.29, 1.82) is 0 Å². The largest absolute Gasteiger partial charge is 0.490 e. The molecule has 2 aromatic carbocycles. The highest BCUT2D eigenvalue weighted by Crippen LogP contribution is 2.18. The van der Waals surface area contributed by atoms with Gasteiger partial charge < -0.3 is 9.47 Å². The average Bonchev–Trinajstić information content (AvgIpc) is 2.69. The number of para-hydroxylation sites is 2. The van der Waals surface area contributed by atoms with E-state index in [-0.39, 0.29) is 12.2 Å². The summed E-state index contributed by atoms with van der Waals surface area (Å²) in [7, 11) is 0. The molecule has 0 aliphatic heterocycles. The first kappa shape index (κ1) is 22.6. The van der Waals surface area contributed by atoms with E-state index < -0.39 is 11.8 Å². The van der Waals surface area contributed by atoms with Gasteiger partial charge in [0.05, 0.1) is 24.6 Å². The fourth-order valence-corrected chi connectivity index (χ4v) is 2.32. The lowest BCUT2D eigenvalue weighted by atomic mass is 10.2. The number of carbonyl (C=O) groups excluding carboxylic acids is 2. The van der Waals surface area contributed by atoms with Gasteiger partial charge in [0.25, 0.3) is 0 Å². The molecule has 0 saturated carbocycles. The minimum absolute atomic E-state index is 0.00570. The van der Waals surface area contributed by atoms with Crippen molar-refractivity contribution in [2.75, 3.05) is 0 Å². The Morgan fingerprint density at radius 3 is 1.47 bits per heavy atom. The van der Waals surface area contributed by atoms with E-state index in [9.17, 15) is 9.59 Å². The third-order valence-corrected chi connectivity index (χ3v) is 3.51. The molecule has 2 rings (SSSR count). The quantitative estimate of drug-likeness (QED) is 0.397. The Morgan fingerprint density at radius 1 is 0.733 bits per heavy atom. The van der Waals surface area contributed by atoms with Crippen molar-refractivity contribution in [3.05, 3.63) is 59.7 Å². The van der Waals surface area contributed by atoms with Crippen LogP contribution in [0.5, 0.6) is 11.5 Å². The number of benzene rings is 2. The van der Waals surface area contributed by atoms with Crippen LogP contribution in [-0.2, 0) is 9.59 Å². The van der Waals surface area contributed by atoms with Crippen molar-refractivity contribution in [3.8, 4) is 11.5 Å². The van der Waals surface area contributed by atoms with Crippen molar-refractivity contribution >= 4 is 24.2 Å². The van der Waals surface area contributed by atoms with E-state index in [1.807, 2.05) is 52.0 Å². The van der Waals surface area contributed by atoms with Gasteiger partial charge in [0.15, 0.2) is 0 Å². The second-order valence-corrected chi connectivity index (χ2v) is 6.81. The summed E-state index contributed by atoms with van der Waals surface area (Å²) < 4.78 is 11.3. The van der Waals surface area contributed by atoms with Gasteiger partial charge in [0.2, 0.25) is 0 Å². The highest BCUT2D eigenvalue weighted by Gasteiger charge is 2.12. The molecule has 0 saturated heterocycles. The summed E-state index contributed by atoms with van der Waals surface area (Å²) in [6.07, 6.45) is 2.81. The molecule has 0 radical (unpaired) electrons. The summed E-state index contributed by atoms with van der Waals surface area (Å²) in [6.45, 7) is 7.64. The summed E-state index contributed by atoms with van der Waals surface area (Å²) in [5.41, 5.74) is 5.67. The van der Waals surface area contributed by atoms with Crippen molar-refractivity contribution in [2.45, 2.75) is 39.9 Å². The lowest BCUT2D eigenvalue weighted by Crippen LogP contribution is -2.35. The van der Waals surface area contributed by atoms with Gasteiger partial charge in [-0.3, -0.25) is 9.59 Å². The Morgan fingerprint density at radius 2 is 1.10 bits per heavy atom. The zero-order chi connectivity index (χ0) is 21.9. The van der Waals surface area contributed by atoms with E-state index >= 15 is 0 Å². The number of hydrogen-bond donors (Lipinski definition) is 2. The summed E-state index contributed by atoms with van der Waals surface area (Å²) in [5, 5.41) is 7.61. The van der Waals surface area contributed by atoms with Crippen molar-refractivity contribution in [1.82, 2.24) is 10.9 Å². The van der Waals surface area contributed by atoms with Gasteiger partial charge in [-0.15, -0.1) is 0 Å². The molecule has 0 aromatic heterocycles. The van der Waals surface area contributed by atoms with Crippen LogP contribution in [-0.4, -0.2) is 36.5 Å². The van der Waals surface area contributed by atoms with Crippen molar-refractivity contribution in [3.63, 3.8) is 0 Å². The maximum absolute atomic E-state index is 11.9. The van der Waals surface area contributed by atoms with Crippen LogP contribution in [0.15, 0.2) is 58.7 Å². The Balaban J connectivity index is 1.91. The molecular weight excluding hydrogens is 384 g/mol. The number of nitrogens with one attached hydrogen (secondary N) is 2. The Bertz CT molecular complexity index is 847. The Labute approximate surface area is 176 Å². The predicted molar refractivity (Wildman–Crippen MR) is 116 cm³/mol. The van der Waals surface area contributed by atoms with Crippen LogP contribution < -0.4 is 20.3 Å². The van der Waals surface area contributed by atoms with E-state index in [4.69, 9.17) is 9.47 Å². The van der Waals surface area contributed by atoms with Gasteiger partial charge in [-0.1, -0.05) is 24.3 Å². The van der Waals surface area contributed by atoms with Crippen LogP contribution in [0.2, 0.25) is 0 Å². The number of carbonyl (C=O) groups is 2. The van der Waals surface area contributed by atoms with Crippen molar-refractivity contribution < 1.29 is 19.1 Å². The van der Waals surface area contributed by atoms with E-state index in [1.54, 1.807) is 24.3 Å². The first-order chi connectivity index (χ1) is 14.4. The van der Waals surface area contributed by atoms with Crippen LogP contribution in [0, 0.1) is 0 Å². The number of rotatable bonds is 8. The highest BCUT2D eigenvalue weighted by atomic mass is 16.5. The van der Waals surface area contributed by atoms with Gasteiger partial charge in [-0.05, 0) is 52.0 Å². The predicted octanol–water partition coefficient (Wildman–Crippen LogP) is 2.86. The number of nitrogens with zero attached hydrogens (tertiary/aromatic N) is 2. The first-order valence-electron chi connectivity index (χ1n) is 9.54. The molecule has 0 spiro atoms. The van der Waals surface area contributed by atoms with Gasteiger partial charge in [-0.2, -0.15) is 10.2 Å². The molecule has 0 fully saturated rings. The van der Waals surface area contributed by atoms with Crippen LogP contribution >= 0.6 is 0 Å². The van der Waals surface area contributed by atoms with Gasteiger partial charge >= 0.3 is 11.8 Å². The molecule has 2 amide bonds. The number of amides is 2. The molecule has 0 aliphatic rings. The minimum Gasteiger partial charge on any atom is -0.490 e. The lowest BCUT2D eigenvalue weighted by Gasteiger charge is -2.11. The molecule has 0 heterocycles. The molecule has 158 valence electrons. The lowest BCUT2D eigenvalue weighted by molar-refractivity contribution is -0.139. The molecule has 0 atom stereocenters. The molecule has 8 nitrogen and oxygen atoms in total. The zero-order valence-corrected chi connectivity index (χ0v) is 17.5. The van der Waals surface area contributed by atoms with Gasteiger partial charge in [0, 0.05) is 11.1 Å². The maximum atomic E-state index is 11.9. The topological polar surface area (TPSA) is 101 Å². The molecular formula is C22H26N4O4. The third-order valence-electron chi connectivity index (χ3n) is 3.51. The van der Waals surface area contributed by atoms with Crippen LogP contribution in [0.3, 0.4) is 0 Å². The highest BCUT2D eigenvalue weighted by molar-refractivity contribution is 6.35. The third kappa shape index (κ3) is 7.38. The first-order valence-corrected chi connectivity index (χ1v) is 9.54. The summed E-state index contributed by atoms with van der Waals surface area (Å²) in [5.74, 6) is -0.640. The number of ether oxygens (including phenoxy) is 2. The van der Waals surface area contributed by atoms with E-state index in [0.717, 1.165) is 0 Å². The Hall–Kier alpha value is -3.68. The van der Waals surface area contributed by atoms with E-state index in [2.05, 4.69) is 21.1 Å². The minimum atomic E-state index is -0.947. The summed E-state index contributed by atoms with van der Waals surface area (Å²) >= 11 is 0. The van der Waals surface area contributed by atoms with Gasteiger partial charge in [-0.25, -0.2) is 10.9 Å². The molecule has 8 heteroatoms. The van der Waals surface area contributed by atoms with E-state index in [0.29, 0.717) is 22.6 Å². The second-order valence-electron chi connectivity index (χ2n) is 6.81. The summed E-state index contributed by atoms with van der Waals surface area (Å²) in [4.78, 5) is 23.8. The average molecular weight is 410 g/mol. The van der Waals surface area contributed by atoms with E-state index in [1.165, 1.54) is 12.4 Å². The van der Waals surface area contributed by atoms with Crippen LogP contribution in [0.1, 0.15) is 38.8 Å². The fraction of sp³-hybridized carbons (Fsp3) is 0.273. The zero-order valence-electron chi connectivity index (χ0n) is 17.5.